The van der Waals surface area contributed by atoms with Crippen LogP contribution in [0.15, 0.2) is 35.6 Å². The van der Waals surface area contributed by atoms with Gasteiger partial charge in [-0.2, -0.15) is 5.10 Å². The van der Waals surface area contributed by atoms with E-state index < -0.39 is 17.7 Å². The molecule has 0 saturated carbocycles. The topological polar surface area (TPSA) is 74.0 Å². The molecule has 0 aliphatic carbocycles. The van der Waals surface area contributed by atoms with Crippen LogP contribution in [0.1, 0.15) is 25.3 Å². The van der Waals surface area contributed by atoms with Crippen LogP contribution in [0.2, 0.25) is 0 Å². The average molecular weight is 379 g/mol. The predicted molar refractivity (Wildman–Crippen MR) is 102 cm³/mol. The Bertz CT molecular complexity index is 722. The molecule has 0 spiro atoms. The van der Waals surface area contributed by atoms with Gasteiger partial charge in [0.25, 0.3) is 0 Å². The molecule has 1 amide bonds. The van der Waals surface area contributed by atoms with Crippen molar-refractivity contribution in [1.82, 2.24) is 15.2 Å². The van der Waals surface area contributed by atoms with E-state index in [1.165, 1.54) is 0 Å². The van der Waals surface area contributed by atoms with Crippen LogP contribution < -0.4 is 11.2 Å². The molecule has 1 saturated heterocycles. The van der Waals surface area contributed by atoms with Crippen LogP contribution in [0.25, 0.3) is 0 Å². The summed E-state index contributed by atoms with van der Waals surface area (Å²) in [5.41, 5.74) is 9.85. The van der Waals surface area contributed by atoms with Gasteiger partial charge in [0, 0.05) is 51.3 Å². The molecule has 1 aromatic rings. The molecule has 1 aliphatic heterocycles. The molecule has 1 aliphatic rings. The van der Waals surface area contributed by atoms with E-state index in [1.807, 2.05) is 11.8 Å². The van der Waals surface area contributed by atoms with E-state index in [9.17, 15) is 13.6 Å². The first-order valence-electron chi connectivity index (χ1n) is 8.95. The minimum absolute atomic E-state index is 0.0710. The minimum Gasteiger partial charge on any atom is -0.340 e. The average Bonchev–Trinajstić information content (AvgIpc) is 2.81. The van der Waals surface area contributed by atoms with Crippen molar-refractivity contribution in [2.24, 2.45) is 10.8 Å². The quantitative estimate of drug-likeness (QED) is 0.740. The Kier molecular flexibility index (Phi) is 7.29. The molecular formula is C19H27F2N5O. The number of benzene rings is 1. The fraction of sp³-hybridized carbons (Fsp3) is 0.474. The van der Waals surface area contributed by atoms with Crippen LogP contribution >= 0.6 is 0 Å². The van der Waals surface area contributed by atoms with E-state index in [4.69, 9.17) is 5.73 Å². The number of allylic oxidation sites excluding steroid dienone is 1. The van der Waals surface area contributed by atoms with Crippen LogP contribution in [0, 0.1) is 11.6 Å². The maximum Gasteiger partial charge on any atom is 0.224 e. The Morgan fingerprint density at radius 2 is 2.11 bits per heavy atom. The Morgan fingerprint density at radius 1 is 1.37 bits per heavy atom. The number of nitrogens with one attached hydrogen (secondary N) is 1. The summed E-state index contributed by atoms with van der Waals surface area (Å²) in [5.74, 6) is -0.314. The van der Waals surface area contributed by atoms with Crippen LogP contribution in [0.4, 0.5) is 8.78 Å². The highest BCUT2D eigenvalue weighted by atomic mass is 19.1. The van der Waals surface area contributed by atoms with Crippen LogP contribution in [0.5, 0.6) is 0 Å². The molecule has 3 N–H and O–H groups in total. The second-order valence-electron chi connectivity index (χ2n) is 6.67. The van der Waals surface area contributed by atoms with Crippen molar-refractivity contribution >= 4 is 11.7 Å². The summed E-state index contributed by atoms with van der Waals surface area (Å²) in [4.78, 5) is 16.3. The highest BCUT2D eigenvalue weighted by Gasteiger charge is 2.24. The maximum atomic E-state index is 13.8. The predicted octanol–water partition coefficient (Wildman–Crippen LogP) is 1.83. The van der Waals surface area contributed by atoms with Gasteiger partial charge in [0.15, 0.2) is 0 Å². The number of hydrogen-bond donors (Lipinski definition) is 2. The fourth-order valence-corrected chi connectivity index (χ4v) is 3.15. The smallest absolute Gasteiger partial charge is 0.224 e. The van der Waals surface area contributed by atoms with Gasteiger partial charge in [0.2, 0.25) is 5.91 Å². The second-order valence-corrected chi connectivity index (χ2v) is 6.67. The molecule has 0 unspecified atom stereocenters. The van der Waals surface area contributed by atoms with Crippen LogP contribution in [0.3, 0.4) is 0 Å². The Hall–Kier alpha value is -2.48. The highest BCUT2D eigenvalue weighted by molar-refractivity contribution is 5.85. The number of halogens is 2. The molecule has 1 atom stereocenters. The standard InChI is InChI=1S/C19H27F2N5O/c1-13(2)26-9-8-25(7-6-18(26)24-23-3)19(27)12-16(22)11-14-10-15(20)4-5-17(14)21/h4-5,10,16,23H,1,6-9,11-12,22H2,2-3H3/b24-18-/t16-/m1/s1. The lowest BCUT2D eigenvalue weighted by atomic mass is 10.0. The third kappa shape index (κ3) is 5.75. The molecule has 1 aromatic carbocycles. The summed E-state index contributed by atoms with van der Waals surface area (Å²) in [6, 6.07) is 2.67. The molecule has 27 heavy (non-hydrogen) atoms. The lowest BCUT2D eigenvalue weighted by Gasteiger charge is -2.24. The van der Waals surface area contributed by atoms with Gasteiger partial charge in [0.05, 0.1) is 0 Å². The number of hydrazone groups is 1. The summed E-state index contributed by atoms with van der Waals surface area (Å²) in [5, 5.41) is 4.27. The molecule has 0 radical (unpaired) electrons. The third-order valence-electron chi connectivity index (χ3n) is 4.49. The Balaban J connectivity index is 1.98. The van der Waals surface area contributed by atoms with Gasteiger partial charge in [-0.3, -0.25) is 4.79 Å². The van der Waals surface area contributed by atoms with Crippen molar-refractivity contribution in [2.75, 3.05) is 26.7 Å². The molecule has 6 nitrogen and oxygen atoms in total. The van der Waals surface area contributed by atoms with Crippen molar-refractivity contribution in [3.8, 4) is 0 Å². The van der Waals surface area contributed by atoms with Gasteiger partial charge < -0.3 is 21.0 Å². The first-order valence-corrected chi connectivity index (χ1v) is 8.95. The van der Waals surface area contributed by atoms with Crippen LogP contribution in [-0.2, 0) is 11.2 Å². The van der Waals surface area contributed by atoms with Crippen molar-refractivity contribution < 1.29 is 13.6 Å². The van der Waals surface area contributed by atoms with Crippen molar-refractivity contribution in [3.63, 3.8) is 0 Å². The molecule has 2 rings (SSSR count). The Labute approximate surface area is 158 Å². The summed E-state index contributed by atoms with van der Waals surface area (Å²) in [6.07, 6.45) is 0.766. The van der Waals surface area contributed by atoms with E-state index in [2.05, 4.69) is 17.1 Å². The first-order chi connectivity index (χ1) is 12.8. The van der Waals surface area contributed by atoms with Gasteiger partial charge in [-0.15, -0.1) is 0 Å². The van der Waals surface area contributed by atoms with Crippen LogP contribution in [-0.4, -0.2) is 54.3 Å². The number of amidine groups is 1. The number of nitrogens with zero attached hydrogens (tertiary/aromatic N) is 3. The SMILES string of the molecule is C=C(C)N1CCN(C(=O)C[C@H](N)Cc2cc(F)ccc2F)CC/C1=N/NC. The van der Waals surface area contributed by atoms with E-state index >= 15 is 0 Å². The van der Waals surface area contributed by atoms with Crippen molar-refractivity contribution in [3.05, 3.63) is 47.7 Å². The summed E-state index contributed by atoms with van der Waals surface area (Å²) < 4.78 is 27.0. The van der Waals surface area contributed by atoms with Gasteiger partial charge in [-0.1, -0.05) is 6.58 Å². The second kappa shape index (κ2) is 9.45. The zero-order valence-electron chi connectivity index (χ0n) is 15.8. The zero-order chi connectivity index (χ0) is 20.0. The fourth-order valence-electron chi connectivity index (χ4n) is 3.15. The van der Waals surface area contributed by atoms with Gasteiger partial charge in [-0.25, -0.2) is 8.78 Å². The van der Waals surface area contributed by atoms with Crippen molar-refractivity contribution in [2.45, 2.75) is 32.2 Å². The molecule has 8 heteroatoms. The number of rotatable bonds is 6. The largest absolute Gasteiger partial charge is 0.340 e. The monoisotopic (exact) mass is 379 g/mol. The minimum atomic E-state index is -0.584. The number of carbonyl (C=O) groups is 1. The summed E-state index contributed by atoms with van der Waals surface area (Å²) >= 11 is 0. The van der Waals surface area contributed by atoms with Gasteiger partial charge in [0.1, 0.15) is 17.5 Å². The third-order valence-corrected chi connectivity index (χ3v) is 4.49. The normalized spacial score (nSPS) is 17.6. The van der Waals surface area contributed by atoms with Gasteiger partial charge in [-0.05, 0) is 37.1 Å². The molecule has 1 fully saturated rings. The lowest BCUT2D eigenvalue weighted by molar-refractivity contribution is -0.131. The first kappa shape index (κ1) is 20.8. The highest BCUT2D eigenvalue weighted by Crippen LogP contribution is 2.15. The number of hydrogen-bond acceptors (Lipinski definition) is 4. The van der Waals surface area contributed by atoms with Crippen molar-refractivity contribution in [1.29, 1.82) is 0 Å². The van der Waals surface area contributed by atoms with E-state index in [1.54, 1.807) is 11.9 Å². The molecule has 0 aromatic heterocycles. The molecule has 148 valence electrons. The Morgan fingerprint density at radius 3 is 2.78 bits per heavy atom. The number of nitrogens with two attached hydrogens (primary N) is 1. The number of amides is 1. The summed E-state index contributed by atoms with van der Waals surface area (Å²) in [7, 11) is 1.72. The van der Waals surface area contributed by atoms with E-state index in [0.29, 0.717) is 26.1 Å². The maximum absolute atomic E-state index is 13.8. The van der Waals surface area contributed by atoms with Gasteiger partial charge >= 0.3 is 0 Å². The molecule has 1 heterocycles. The van der Waals surface area contributed by atoms with E-state index in [-0.39, 0.29) is 24.3 Å². The molecular weight excluding hydrogens is 352 g/mol. The zero-order valence-corrected chi connectivity index (χ0v) is 15.8. The molecule has 0 bridgehead atoms. The summed E-state index contributed by atoms with van der Waals surface area (Å²) in [6.45, 7) is 7.49. The van der Waals surface area contributed by atoms with E-state index in [0.717, 1.165) is 29.7 Å². The lowest BCUT2D eigenvalue weighted by Crippen LogP contribution is -2.39. The number of carbonyl (C=O) groups excluding carboxylic acids is 1.